The van der Waals surface area contributed by atoms with E-state index in [2.05, 4.69) is 52.1 Å². The lowest BCUT2D eigenvalue weighted by molar-refractivity contribution is -0.114. The van der Waals surface area contributed by atoms with E-state index in [1.807, 2.05) is 31.2 Å². The summed E-state index contributed by atoms with van der Waals surface area (Å²) in [6.45, 7) is 12.6. The first kappa shape index (κ1) is 27.3. The van der Waals surface area contributed by atoms with Crippen molar-refractivity contribution in [1.29, 1.82) is 0 Å². The summed E-state index contributed by atoms with van der Waals surface area (Å²) in [6.07, 6.45) is 5.05. The number of hydrogen-bond donors (Lipinski definition) is 1. The molecule has 0 aliphatic rings. The molecule has 2 atom stereocenters. The highest BCUT2D eigenvalue weighted by molar-refractivity contribution is 7.67. The Morgan fingerprint density at radius 2 is 1.48 bits per heavy atom. The van der Waals surface area contributed by atoms with E-state index in [4.69, 9.17) is 4.52 Å². The number of anilines is 1. The van der Waals surface area contributed by atoms with Crippen molar-refractivity contribution in [2.75, 3.05) is 11.5 Å². The molecule has 0 bridgehead atoms. The Morgan fingerprint density at radius 3 is 2.03 bits per heavy atom. The molecule has 2 rings (SSSR count). The van der Waals surface area contributed by atoms with Gasteiger partial charge in [-0.15, -0.1) is 0 Å². The first-order chi connectivity index (χ1) is 15.7. The summed E-state index contributed by atoms with van der Waals surface area (Å²) in [5.41, 5.74) is 3.03. The van der Waals surface area contributed by atoms with Crippen LogP contribution in [0.5, 0.6) is 0 Å². The molecule has 0 aliphatic carbocycles. The minimum absolute atomic E-state index is 0.166. The Bertz CT molecular complexity index is 898. The Kier molecular flexibility index (Phi) is 10.9. The summed E-state index contributed by atoms with van der Waals surface area (Å²) < 4.78 is 20.2. The molecule has 1 N–H and O–H groups in total. The fourth-order valence-corrected chi connectivity index (χ4v) is 6.26. The second-order valence-corrected chi connectivity index (χ2v) is 12.0. The SMILES string of the molecule is CCCCCCC(C)OP(=O)(CC(=O)Nc1c(C(C)C)cccc1C(C)C)c1ccccc1. The highest BCUT2D eigenvalue weighted by atomic mass is 31.2. The maximum absolute atomic E-state index is 14.1. The Hall–Kier alpha value is -1.90. The van der Waals surface area contributed by atoms with Crippen LogP contribution in [-0.4, -0.2) is 18.2 Å². The lowest BCUT2D eigenvalue weighted by Crippen LogP contribution is -2.25. The zero-order valence-corrected chi connectivity index (χ0v) is 22.2. The largest absolute Gasteiger partial charge is 0.325 e. The molecule has 0 heterocycles. The van der Waals surface area contributed by atoms with Gasteiger partial charge >= 0.3 is 0 Å². The van der Waals surface area contributed by atoms with Crippen LogP contribution in [0.15, 0.2) is 48.5 Å². The minimum Gasteiger partial charge on any atom is -0.325 e. The average Bonchev–Trinajstić information content (AvgIpc) is 2.77. The van der Waals surface area contributed by atoms with E-state index in [9.17, 15) is 9.36 Å². The van der Waals surface area contributed by atoms with Crippen molar-refractivity contribution in [2.24, 2.45) is 0 Å². The van der Waals surface area contributed by atoms with Crippen molar-refractivity contribution in [2.45, 2.75) is 91.6 Å². The molecule has 0 fully saturated rings. The van der Waals surface area contributed by atoms with Crippen molar-refractivity contribution in [3.8, 4) is 0 Å². The molecule has 2 aromatic carbocycles. The number of benzene rings is 2. The van der Waals surface area contributed by atoms with Crippen LogP contribution >= 0.6 is 7.37 Å². The second-order valence-electron chi connectivity index (χ2n) is 9.60. The van der Waals surface area contributed by atoms with Crippen LogP contribution in [0.4, 0.5) is 5.69 Å². The summed E-state index contributed by atoms with van der Waals surface area (Å²) in [4.78, 5) is 13.3. The summed E-state index contributed by atoms with van der Waals surface area (Å²) in [5, 5.41) is 3.71. The standard InChI is InChI=1S/C28H42NO3P/c1-7-8-9-11-15-23(6)32-33(31,24-16-12-10-13-17-24)20-27(30)29-28-25(21(2)3)18-14-19-26(28)22(4)5/h10,12-14,16-19,21-23H,7-9,11,15,20H2,1-6H3,(H,29,30). The smallest absolute Gasteiger partial charge is 0.241 e. The quantitative estimate of drug-likeness (QED) is 0.239. The lowest BCUT2D eigenvalue weighted by Gasteiger charge is -2.24. The minimum atomic E-state index is -3.37. The monoisotopic (exact) mass is 471 g/mol. The van der Waals surface area contributed by atoms with Gasteiger partial charge in [0, 0.05) is 11.0 Å². The van der Waals surface area contributed by atoms with Gasteiger partial charge in [0.1, 0.15) is 6.16 Å². The van der Waals surface area contributed by atoms with Crippen molar-refractivity contribution in [3.05, 3.63) is 59.7 Å². The maximum atomic E-state index is 14.1. The van der Waals surface area contributed by atoms with Crippen LogP contribution in [0.3, 0.4) is 0 Å². The molecule has 182 valence electrons. The van der Waals surface area contributed by atoms with E-state index in [1.165, 1.54) is 12.8 Å². The maximum Gasteiger partial charge on any atom is 0.241 e. The van der Waals surface area contributed by atoms with Gasteiger partial charge in [-0.1, -0.05) is 96.7 Å². The third-order valence-corrected chi connectivity index (χ3v) is 8.44. The van der Waals surface area contributed by atoms with Gasteiger partial charge < -0.3 is 9.84 Å². The summed E-state index contributed by atoms with van der Waals surface area (Å²) in [7, 11) is -3.37. The van der Waals surface area contributed by atoms with Crippen LogP contribution in [0.1, 0.15) is 96.6 Å². The number of nitrogens with one attached hydrogen (secondary N) is 1. The third kappa shape index (κ3) is 8.12. The van der Waals surface area contributed by atoms with Gasteiger partial charge in [-0.3, -0.25) is 9.36 Å². The first-order valence-electron chi connectivity index (χ1n) is 12.4. The fourth-order valence-electron chi connectivity index (χ4n) is 4.11. The molecule has 0 aliphatic heterocycles. The normalized spacial score (nSPS) is 14.3. The lowest BCUT2D eigenvalue weighted by atomic mass is 9.92. The Labute approximate surface area is 201 Å². The highest BCUT2D eigenvalue weighted by Gasteiger charge is 2.32. The van der Waals surface area contributed by atoms with Gasteiger partial charge in [-0.25, -0.2) is 0 Å². The van der Waals surface area contributed by atoms with Gasteiger partial charge in [-0.2, -0.15) is 0 Å². The van der Waals surface area contributed by atoms with Crippen LogP contribution < -0.4 is 10.6 Å². The molecular formula is C28H42NO3P. The zero-order valence-electron chi connectivity index (χ0n) is 21.3. The molecule has 2 aromatic rings. The van der Waals surface area contributed by atoms with E-state index < -0.39 is 7.37 Å². The van der Waals surface area contributed by atoms with Crippen LogP contribution in [-0.2, 0) is 13.9 Å². The van der Waals surface area contributed by atoms with Gasteiger partial charge in [0.25, 0.3) is 0 Å². The number of carbonyl (C=O) groups is 1. The van der Waals surface area contributed by atoms with Crippen molar-refractivity contribution < 1.29 is 13.9 Å². The molecule has 33 heavy (non-hydrogen) atoms. The van der Waals surface area contributed by atoms with Crippen LogP contribution in [0.25, 0.3) is 0 Å². The Morgan fingerprint density at radius 1 is 0.879 bits per heavy atom. The first-order valence-corrected chi connectivity index (χ1v) is 14.2. The molecule has 0 saturated carbocycles. The molecule has 4 nitrogen and oxygen atoms in total. The molecule has 2 unspecified atom stereocenters. The van der Waals surface area contributed by atoms with Crippen LogP contribution in [0.2, 0.25) is 0 Å². The van der Waals surface area contributed by atoms with E-state index >= 15 is 0 Å². The molecule has 0 saturated heterocycles. The molecule has 5 heteroatoms. The summed E-state index contributed by atoms with van der Waals surface area (Å²) in [6, 6.07) is 15.3. The van der Waals surface area contributed by atoms with Crippen LogP contribution in [0, 0.1) is 0 Å². The van der Waals surface area contributed by atoms with E-state index in [-0.39, 0.29) is 30.0 Å². The average molecular weight is 472 g/mol. The predicted octanol–water partition coefficient (Wildman–Crippen LogP) is 7.85. The number of unbranched alkanes of at least 4 members (excludes halogenated alkanes) is 3. The van der Waals surface area contributed by atoms with Gasteiger partial charge in [0.15, 0.2) is 0 Å². The van der Waals surface area contributed by atoms with Crippen molar-refractivity contribution in [1.82, 2.24) is 0 Å². The van der Waals surface area contributed by atoms with E-state index in [0.29, 0.717) is 5.30 Å². The van der Waals surface area contributed by atoms with E-state index in [1.54, 1.807) is 12.1 Å². The topological polar surface area (TPSA) is 55.4 Å². The van der Waals surface area contributed by atoms with E-state index in [0.717, 1.165) is 36.1 Å². The molecule has 0 aromatic heterocycles. The summed E-state index contributed by atoms with van der Waals surface area (Å²) >= 11 is 0. The predicted molar refractivity (Wildman–Crippen MR) is 141 cm³/mol. The number of hydrogen-bond acceptors (Lipinski definition) is 3. The molecule has 0 spiro atoms. The van der Waals surface area contributed by atoms with Gasteiger partial charge in [0.2, 0.25) is 13.3 Å². The number of carbonyl (C=O) groups excluding carboxylic acids is 1. The second kappa shape index (κ2) is 13.1. The molecule has 1 amide bonds. The molecular weight excluding hydrogens is 429 g/mol. The highest BCUT2D eigenvalue weighted by Crippen LogP contribution is 2.47. The number of para-hydroxylation sites is 1. The number of amides is 1. The van der Waals surface area contributed by atoms with Gasteiger partial charge in [0.05, 0.1) is 6.10 Å². The van der Waals surface area contributed by atoms with Gasteiger partial charge in [-0.05, 0) is 48.4 Å². The fraction of sp³-hybridized carbons (Fsp3) is 0.536. The molecule has 0 radical (unpaired) electrons. The third-order valence-electron chi connectivity index (χ3n) is 5.95. The summed E-state index contributed by atoms with van der Waals surface area (Å²) in [5.74, 6) is 0.258. The van der Waals surface area contributed by atoms with Crippen molar-refractivity contribution in [3.63, 3.8) is 0 Å². The zero-order chi connectivity index (χ0) is 24.4. The number of rotatable bonds is 13. The van der Waals surface area contributed by atoms with Crippen molar-refractivity contribution >= 4 is 24.3 Å². The Balaban J connectivity index is 2.25.